The summed E-state index contributed by atoms with van der Waals surface area (Å²) in [6.45, 7) is 0. The van der Waals surface area contributed by atoms with Crippen LogP contribution >= 0.6 is 0 Å². The van der Waals surface area contributed by atoms with Gasteiger partial charge in [0, 0.05) is 23.4 Å². The van der Waals surface area contributed by atoms with Gasteiger partial charge in [-0.2, -0.15) is 13.8 Å². The lowest BCUT2D eigenvalue weighted by molar-refractivity contribution is 0.373. The third-order valence-corrected chi connectivity index (χ3v) is 5.76. The number of hydrogen-bond acceptors (Lipinski definition) is 3. The topological polar surface area (TPSA) is 38.7 Å². The smallest absolute Gasteiger partial charge is 0.252 e. The van der Waals surface area contributed by atoms with Crippen molar-refractivity contribution < 1.29 is 17.6 Å². The Morgan fingerprint density at radius 1 is 0.958 bits per heavy atom. The summed E-state index contributed by atoms with van der Waals surface area (Å²) in [6.07, 6.45) is 7.95. The van der Waals surface area contributed by atoms with Crippen molar-refractivity contribution in [3.05, 3.63) is 59.5 Å². The van der Waals surface area contributed by atoms with E-state index >= 15 is 0 Å². The van der Waals surface area contributed by atoms with Gasteiger partial charge in [-0.15, -0.1) is 0 Å². The predicted octanol–water partition coefficient (Wildman–Crippen LogP) is 3.42. The third kappa shape index (κ3) is 1.50. The standard InChI is InChI=1S/C17H11F4N3/c18-13-12(14(19)16(21)24-15(13)20)17-8-3-7(4-9(8)17)5-10(17)11-6-22-1-2-23-11/h1-2,5-9H,3-4H2. The molecule has 24 heavy (non-hydrogen) atoms. The summed E-state index contributed by atoms with van der Waals surface area (Å²) in [5.41, 5.74) is -0.497. The molecule has 0 aliphatic heterocycles. The lowest BCUT2D eigenvalue weighted by Crippen LogP contribution is -2.28. The molecule has 4 aliphatic rings. The molecule has 4 aliphatic carbocycles. The van der Waals surface area contributed by atoms with Gasteiger partial charge in [0.25, 0.3) is 11.9 Å². The van der Waals surface area contributed by atoms with Gasteiger partial charge in [-0.25, -0.2) is 8.78 Å². The Hall–Kier alpha value is -2.31. The summed E-state index contributed by atoms with van der Waals surface area (Å²) in [6, 6.07) is 0. The van der Waals surface area contributed by atoms with Gasteiger partial charge in [0.05, 0.1) is 11.9 Å². The molecule has 122 valence electrons. The van der Waals surface area contributed by atoms with Gasteiger partial charge in [-0.3, -0.25) is 9.97 Å². The molecule has 7 heteroatoms. The average Bonchev–Trinajstić information content (AvgIpc) is 3.04. The molecule has 2 aromatic rings. The average molecular weight is 333 g/mol. The lowest BCUT2D eigenvalue weighted by Gasteiger charge is -2.32. The second-order valence-electron chi connectivity index (χ2n) is 6.68. The number of pyridine rings is 1. The van der Waals surface area contributed by atoms with Gasteiger partial charge in [0.1, 0.15) is 0 Å². The van der Waals surface area contributed by atoms with Gasteiger partial charge >= 0.3 is 0 Å². The third-order valence-electron chi connectivity index (χ3n) is 5.76. The van der Waals surface area contributed by atoms with Crippen LogP contribution in [0.3, 0.4) is 0 Å². The number of hydrogen-bond donors (Lipinski definition) is 0. The van der Waals surface area contributed by atoms with Crippen LogP contribution < -0.4 is 0 Å². The number of halogens is 4. The van der Waals surface area contributed by atoms with Crippen LogP contribution in [0, 0.1) is 41.3 Å². The molecule has 2 heterocycles. The maximum Gasteiger partial charge on any atom is 0.252 e. The molecule has 2 unspecified atom stereocenters. The summed E-state index contributed by atoms with van der Waals surface area (Å²) in [7, 11) is 0. The van der Waals surface area contributed by atoms with Crippen LogP contribution in [0.5, 0.6) is 0 Å². The Morgan fingerprint density at radius 3 is 2.21 bits per heavy atom. The molecular formula is C17H11F4N3. The van der Waals surface area contributed by atoms with E-state index in [9.17, 15) is 17.6 Å². The van der Waals surface area contributed by atoms with E-state index in [2.05, 4.69) is 15.0 Å². The van der Waals surface area contributed by atoms with E-state index in [-0.39, 0.29) is 11.8 Å². The minimum atomic E-state index is -1.61. The van der Waals surface area contributed by atoms with Gasteiger partial charge in [0.15, 0.2) is 11.6 Å². The molecule has 0 aromatic carbocycles. The van der Waals surface area contributed by atoms with E-state index in [1.54, 1.807) is 0 Å². The minimum Gasteiger partial charge on any atom is -0.261 e. The van der Waals surface area contributed by atoms with E-state index < -0.39 is 34.5 Å². The van der Waals surface area contributed by atoms with E-state index in [1.165, 1.54) is 18.6 Å². The largest absolute Gasteiger partial charge is 0.261 e. The highest BCUT2D eigenvalue weighted by atomic mass is 19.2. The highest BCUT2D eigenvalue weighted by Gasteiger charge is 2.74. The van der Waals surface area contributed by atoms with Crippen LogP contribution in [0.2, 0.25) is 0 Å². The van der Waals surface area contributed by atoms with Crippen LogP contribution in [0.25, 0.3) is 5.57 Å². The van der Waals surface area contributed by atoms with Gasteiger partial charge in [0.2, 0.25) is 0 Å². The fraction of sp³-hybridized carbons (Fsp3) is 0.353. The highest BCUT2D eigenvalue weighted by Crippen LogP contribution is 2.77. The van der Waals surface area contributed by atoms with Crippen molar-refractivity contribution in [1.29, 1.82) is 0 Å². The molecule has 0 saturated heterocycles. The lowest BCUT2D eigenvalue weighted by atomic mass is 9.71. The van der Waals surface area contributed by atoms with E-state index in [0.29, 0.717) is 17.2 Å². The monoisotopic (exact) mass is 333 g/mol. The predicted molar refractivity (Wildman–Crippen MR) is 75.5 cm³/mol. The molecule has 2 aromatic heterocycles. The van der Waals surface area contributed by atoms with Crippen LogP contribution in [0.1, 0.15) is 24.1 Å². The van der Waals surface area contributed by atoms with Crippen LogP contribution in [0.15, 0.2) is 24.7 Å². The van der Waals surface area contributed by atoms with E-state index in [1.807, 2.05) is 6.08 Å². The first-order valence-corrected chi connectivity index (χ1v) is 7.74. The Labute approximate surface area is 134 Å². The molecule has 0 N–H and O–H groups in total. The molecule has 6 rings (SSSR count). The van der Waals surface area contributed by atoms with Crippen LogP contribution in [-0.4, -0.2) is 15.0 Å². The normalized spacial score (nSPS) is 32.7. The number of nitrogens with zero attached hydrogens (tertiary/aromatic N) is 3. The number of aromatic nitrogens is 3. The van der Waals surface area contributed by atoms with E-state index in [4.69, 9.17) is 0 Å². The first-order valence-electron chi connectivity index (χ1n) is 7.74. The summed E-state index contributed by atoms with van der Waals surface area (Å²) < 4.78 is 56.3. The number of allylic oxidation sites excluding steroid dienone is 2. The molecule has 4 bridgehead atoms. The minimum absolute atomic E-state index is 0.0327. The van der Waals surface area contributed by atoms with Crippen LogP contribution in [-0.2, 0) is 5.41 Å². The summed E-state index contributed by atoms with van der Waals surface area (Å²) in [5, 5.41) is 0. The Kier molecular flexibility index (Phi) is 2.58. The van der Waals surface area contributed by atoms with Gasteiger partial charge in [-0.05, 0) is 36.2 Å². The van der Waals surface area contributed by atoms with Crippen LogP contribution in [0.4, 0.5) is 17.6 Å². The van der Waals surface area contributed by atoms with Gasteiger partial charge in [-0.1, -0.05) is 6.08 Å². The zero-order chi connectivity index (χ0) is 16.6. The highest BCUT2D eigenvalue weighted by molar-refractivity contribution is 5.81. The first kappa shape index (κ1) is 14.1. The Balaban J connectivity index is 1.79. The van der Waals surface area contributed by atoms with Crippen molar-refractivity contribution in [3.63, 3.8) is 0 Å². The van der Waals surface area contributed by atoms with Crippen molar-refractivity contribution in [2.24, 2.45) is 17.8 Å². The van der Waals surface area contributed by atoms with E-state index in [0.717, 1.165) is 12.8 Å². The summed E-state index contributed by atoms with van der Waals surface area (Å²) >= 11 is 0. The van der Waals surface area contributed by atoms with Gasteiger partial charge < -0.3 is 0 Å². The Morgan fingerprint density at radius 2 is 1.62 bits per heavy atom. The molecule has 3 nitrogen and oxygen atoms in total. The zero-order valence-corrected chi connectivity index (χ0v) is 12.3. The van der Waals surface area contributed by atoms with Crippen molar-refractivity contribution >= 4 is 5.57 Å². The molecular weight excluding hydrogens is 322 g/mol. The van der Waals surface area contributed by atoms with Crippen molar-refractivity contribution in [2.45, 2.75) is 18.3 Å². The molecule has 0 radical (unpaired) electrons. The second-order valence-corrected chi connectivity index (χ2v) is 6.68. The maximum atomic E-state index is 14.5. The summed E-state index contributed by atoms with van der Waals surface area (Å²) in [5.74, 6) is -5.79. The fourth-order valence-corrected chi connectivity index (χ4v) is 4.99. The molecule has 2 saturated carbocycles. The fourth-order valence-electron chi connectivity index (χ4n) is 4.99. The molecule has 0 spiro atoms. The second kappa shape index (κ2) is 4.40. The van der Waals surface area contributed by atoms with Crippen molar-refractivity contribution in [3.8, 4) is 0 Å². The van der Waals surface area contributed by atoms with Crippen molar-refractivity contribution in [2.75, 3.05) is 0 Å². The Bertz CT molecular complexity index is 858. The summed E-state index contributed by atoms with van der Waals surface area (Å²) in [4.78, 5) is 10.9. The SMILES string of the molecule is Fc1nc(F)c(F)c(C23C(c4cnccn4)=CC4CC2C3C4)c1F. The number of rotatable bonds is 2. The van der Waals surface area contributed by atoms with Crippen molar-refractivity contribution in [1.82, 2.24) is 15.0 Å². The maximum absolute atomic E-state index is 14.5. The quantitative estimate of drug-likeness (QED) is 0.624. The molecule has 2 fully saturated rings. The molecule has 0 amide bonds. The first-order chi connectivity index (χ1) is 11.5. The zero-order valence-electron chi connectivity index (χ0n) is 12.3. The molecule has 2 atom stereocenters.